The fourth-order valence-corrected chi connectivity index (χ4v) is 17.5. The van der Waals surface area contributed by atoms with Crippen molar-refractivity contribution in [2.24, 2.45) is 0 Å². The van der Waals surface area contributed by atoms with Crippen LogP contribution in [0.2, 0.25) is 0 Å². The van der Waals surface area contributed by atoms with Gasteiger partial charge in [0.25, 0.3) is 0 Å². The van der Waals surface area contributed by atoms with Gasteiger partial charge >= 0.3 is 0 Å². The standard InChI is InChI=1S/C92H62N6/c1-91(2)76-29-12-5-22-63(76)65-46-40-61(53-78(65)91)96-82-33-16-9-25-68(82)72-43-37-56(50-86(72)96)55-36-42-71-67-24-8-15-32-81(67)95(85(71)49-55)60-21-19-20-59(48-60)89-75-28-7-14-31-80(75)93-90(94-89)98-84-35-18-11-27-70(84)74-45-39-58(52-88(74)98)57-38-44-73-69-26-10-17-34-83(69)97(87(73)51-57)62-41-47-66-64-23-6-13-30-77(64)92(3,4)79(66)54-62/h5-54H,1-4H3. The van der Waals surface area contributed by atoms with E-state index in [9.17, 15) is 0 Å². The fraction of sp³-hybridized carbons (Fsp3) is 0.0652. The monoisotopic (exact) mass is 1250 g/mol. The van der Waals surface area contributed by atoms with Crippen molar-refractivity contribution in [1.29, 1.82) is 0 Å². The highest BCUT2D eigenvalue weighted by Gasteiger charge is 2.37. The van der Waals surface area contributed by atoms with E-state index in [0.717, 1.165) is 88.6 Å². The summed E-state index contributed by atoms with van der Waals surface area (Å²) in [5.41, 5.74) is 30.3. The molecule has 14 aromatic carbocycles. The predicted molar refractivity (Wildman–Crippen MR) is 408 cm³/mol. The third-order valence-corrected chi connectivity index (χ3v) is 22.2. The molecule has 0 aliphatic heterocycles. The van der Waals surface area contributed by atoms with Gasteiger partial charge in [-0.05, 0) is 158 Å². The lowest BCUT2D eigenvalue weighted by atomic mass is 9.82. The van der Waals surface area contributed by atoms with Crippen molar-refractivity contribution in [3.63, 3.8) is 0 Å². The number of aromatic nitrogens is 6. The number of hydrogen-bond donors (Lipinski definition) is 0. The number of para-hydroxylation sites is 5. The van der Waals surface area contributed by atoms with Crippen molar-refractivity contribution in [2.45, 2.75) is 38.5 Å². The first-order chi connectivity index (χ1) is 48.1. The lowest BCUT2D eigenvalue weighted by Gasteiger charge is -2.22. The van der Waals surface area contributed by atoms with E-state index in [4.69, 9.17) is 9.97 Å². The van der Waals surface area contributed by atoms with Crippen LogP contribution >= 0.6 is 0 Å². The molecular weight excluding hydrogens is 1190 g/mol. The van der Waals surface area contributed by atoms with Crippen LogP contribution in [0.5, 0.6) is 0 Å². The van der Waals surface area contributed by atoms with Gasteiger partial charge in [-0.3, -0.25) is 4.57 Å². The zero-order valence-electron chi connectivity index (χ0n) is 54.6. The zero-order valence-corrected chi connectivity index (χ0v) is 54.6. The van der Waals surface area contributed by atoms with Crippen LogP contribution in [0.25, 0.3) is 177 Å². The molecular formula is C92H62N6. The summed E-state index contributed by atoms with van der Waals surface area (Å²) >= 11 is 0. The Bertz CT molecular complexity index is 6700. The molecule has 6 heteroatoms. The molecule has 5 heterocycles. The summed E-state index contributed by atoms with van der Waals surface area (Å²) in [7, 11) is 0. The number of rotatable bonds is 7. The summed E-state index contributed by atoms with van der Waals surface area (Å²) in [6, 6.07) is 113. The van der Waals surface area contributed by atoms with E-state index >= 15 is 0 Å². The van der Waals surface area contributed by atoms with Gasteiger partial charge in [0.15, 0.2) is 0 Å². The second kappa shape index (κ2) is 20.1. The van der Waals surface area contributed by atoms with Crippen molar-refractivity contribution in [1.82, 2.24) is 28.2 Å². The molecule has 0 radical (unpaired) electrons. The maximum atomic E-state index is 5.72. The molecule has 0 atom stereocenters. The van der Waals surface area contributed by atoms with E-state index in [-0.39, 0.29) is 10.8 Å². The summed E-state index contributed by atoms with van der Waals surface area (Å²) in [6.45, 7) is 9.46. The van der Waals surface area contributed by atoms with Crippen LogP contribution in [-0.4, -0.2) is 28.2 Å². The average molecular weight is 1250 g/mol. The molecule has 98 heavy (non-hydrogen) atoms. The van der Waals surface area contributed by atoms with Crippen LogP contribution in [0.1, 0.15) is 49.9 Å². The topological polar surface area (TPSA) is 45.5 Å². The van der Waals surface area contributed by atoms with Crippen molar-refractivity contribution >= 4 is 98.1 Å². The molecule has 0 spiro atoms. The Morgan fingerprint density at radius 1 is 0.224 bits per heavy atom. The average Bonchev–Trinajstić information content (AvgIpc) is 1.59. The molecule has 0 amide bonds. The van der Waals surface area contributed by atoms with Crippen molar-refractivity contribution in [2.75, 3.05) is 0 Å². The maximum Gasteiger partial charge on any atom is 0.235 e. The van der Waals surface area contributed by atoms with Crippen LogP contribution in [0.15, 0.2) is 303 Å². The Balaban J connectivity index is 0.691. The Morgan fingerprint density at radius 3 is 1.02 bits per heavy atom. The second-order valence-electron chi connectivity index (χ2n) is 28.1. The van der Waals surface area contributed by atoms with Crippen LogP contribution < -0.4 is 0 Å². The van der Waals surface area contributed by atoms with Gasteiger partial charge in [-0.2, -0.15) is 0 Å². The molecule has 0 fully saturated rings. The number of hydrogen-bond acceptors (Lipinski definition) is 2. The normalized spacial score (nSPS) is 13.7. The molecule has 2 aliphatic rings. The lowest BCUT2D eigenvalue weighted by Crippen LogP contribution is -2.15. The molecule has 460 valence electrons. The summed E-state index contributed by atoms with van der Waals surface area (Å²) in [4.78, 5) is 11.2. The first-order valence-electron chi connectivity index (χ1n) is 34.1. The van der Waals surface area contributed by atoms with Crippen LogP contribution in [-0.2, 0) is 10.8 Å². The Morgan fingerprint density at radius 2 is 0.571 bits per heavy atom. The number of nitrogens with zero attached hydrogens (tertiary/aromatic N) is 6. The number of fused-ring (bicyclic) bond motifs is 19. The molecule has 0 bridgehead atoms. The maximum absolute atomic E-state index is 5.72. The fourth-order valence-electron chi connectivity index (χ4n) is 17.5. The summed E-state index contributed by atoms with van der Waals surface area (Å²) in [5.74, 6) is 0.618. The van der Waals surface area contributed by atoms with Gasteiger partial charge in [0.05, 0.1) is 55.3 Å². The van der Waals surface area contributed by atoms with E-state index in [1.165, 1.54) is 105 Å². The van der Waals surface area contributed by atoms with Crippen molar-refractivity contribution in [3.05, 3.63) is 326 Å². The highest BCUT2D eigenvalue weighted by atomic mass is 15.2. The largest absolute Gasteiger partial charge is 0.309 e. The smallest absolute Gasteiger partial charge is 0.235 e. The molecule has 19 aromatic rings. The van der Waals surface area contributed by atoms with Gasteiger partial charge < -0.3 is 13.7 Å². The van der Waals surface area contributed by atoms with E-state index in [2.05, 4.69) is 349 Å². The third kappa shape index (κ3) is 7.68. The van der Waals surface area contributed by atoms with Crippen LogP contribution in [0.3, 0.4) is 0 Å². The zero-order chi connectivity index (χ0) is 64.9. The molecule has 2 aliphatic carbocycles. The van der Waals surface area contributed by atoms with Gasteiger partial charge in [0.1, 0.15) is 0 Å². The van der Waals surface area contributed by atoms with Crippen LogP contribution in [0.4, 0.5) is 0 Å². The summed E-state index contributed by atoms with van der Waals surface area (Å²) < 4.78 is 9.67. The second-order valence-corrected chi connectivity index (χ2v) is 28.1. The summed E-state index contributed by atoms with van der Waals surface area (Å²) in [6.07, 6.45) is 0. The SMILES string of the molecule is CC1(C)c2ccccc2-c2ccc(-n3c4ccccc4c4ccc(-c5ccc6c7ccccc7n(-c7cccc(-c8nc(-n9c%10ccccc%10c%10ccc(-c%11ccc%12c%13ccccc%13n(-c%13ccc%14c(c%13)C(C)(C)c%13ccccc%13-%14)c%12c%11)cc%109)nc9ccccc89)c7)c6c5)cc43)cc21. The molecule has 0 N–H and O–H groups in total. The van der Waals surface area contributed by atoms with Crippen molar-refractivity contribution in [3.8, 4) is 78.8 Å². The van der Waals surface area contributed by atoms with Gasteiger partial charge in [-0.25, -0.2) is 9.97 Å². The Labute approximate surface area is 565 Å². The van der Waals surface area contributed by atoms with Gasteiger partial charge in [-0.1, -0.05) is 240 Å². The van der Waals surface area contributed by atoms with E-state index in [0.29, 0.717) is 5.95 Å². The molecule has 6 nitrogen and oxygen atoms in total. The first kappa shape index (κ1) is 55.0. The molecule has 0 unspecified atom stereocenters. The molecule has 5 aromatic heterocycles. The minimum absolute atomic E-state index is 0.120. The molecule has 0 saturated carbocycles. The number of benzene rings is 14. The van der Waals surface area contributed by atoms with Gasteiger partial charge in [0.2, 0.25) is 5.95 Å². The van der Waals surface area contributed by atoms with E-state index in [1.807, 2.05) is 0 Å². The first-order valence-corrected chi connectivity index (χ1v) is 34.1. The third-order valence-electron chi connectivity index (χ3n) is 22.2. The van der Waals surface area contributed by atoms with Crippen LogP contribution in [0, 0.1) is 0 Å². The van der Waals surface area contributed by atoms with E-state index in [1.54, 1.807) is 0 Å². The molecule has 21 rings (SSSR count). The minimum atomic E-state index is -0.125. The predicted octanol–water partition coefficient (Wildman–Crippen LogP) is 23.6. The quantitative estimate of drug-likeness (QED) is 0.160. The van der Waals surface area contributed by atoms with Gasteiger partial charge in [0, 0.05) is 81.9 Å². The van der Waals surface area contributed by atoms with Crippen molar-refractivity contribution < 1.29 is 0 Å². The minimum Gasteiger partial charge on any atom is -0.309 e. The van der Waals surface area contributed by atoms with E-state index < -0.39 is 0 Å². The lowest BCUT2D eigenvalue weighted by molar-refractivity contribution is 0.660. The highest BCUT2D eigenvalue weighted by Crippen LogP contribution is 2.52. The Kier molecular flexibility index (Phi) is 11.3. The Hall–Kier alpha value is -12.4. The highest BCUT2D eigenvalue weighted by molar-refractivity contribution is 6.15. The summed E-state index contributed by atoms with van der Waals surface area (Å²) in [5, 5.41) is 10.6. The van der Waals surface area contributed by atoms with Gasteiger partial charge in [-0.15, -0.1) is 0 Å². The molecule has 0 saturated heterocycles.